The summed E-state index contributed by atoms with van der Waals surface area (Å²) in [6.07, 6.45) is 6.27. The molecule has 0 spiro atoms. The fraction of sp³-hybridized carbons (Fsp3) is 0.200. The molecule has 0 aliphatic carbocycles. The SMILES string of the molecule is CN1CCN(c2nccc3[nH]c(-c4n[nH]c5cnc(-c6cncc(NC(O)c7ccccc7)c6)cc45)cc23)CC1. The second-order valence-electron chi connectivity index (χ2n) is 10.2. The number of nitrogens with zero attached hydrogens (tertiary/aromatic N) is 6. The Morgan fingerprint density at radius 3 is 2.60 bits per heavy atom. The number of aromatic amines is 2. The Labute approximate surface area is 230 Å². The first-order valence-electron chi connectivity index (χ1n) is 13.3. The molecule has 1 aromatic carbocycles. The van der Waals surface area contributed by atoms with E-state index in [4.69, 9.17) is 4.98 Å². The van der Waals surface area contributed by atoms with Gasteiger partial charge in [-0.3, -0.25) is 15.1 Å². The monoisotopic (exact) mass is 531 g/mol. The van der Waals surface area contributed by atoms with Crippen LogP contribution >= 0.6 is 0 Å². The number of nitrogens with one attached hydrogen (secondary N) is 3. The van der Waals surface area contributed by atoms with Crippen molar-refractivity contribution < 1.29 is 5.11 Å². The number of aliphatic hydroxyl groups is 1. The van der Waals surface area contributed by atoms with Crippen LogP contribution < -0.4 is 10.2 Å². The van der Waals surface area contributed by atoms with Crippen LogP contribution in [-0.4, -0.2) is 73.4 Å². The van der Waals surface area contributed by atoms with E-state index in [2.05, 4.69) is 53.4 Å². The molecular formula is C30H29N9O. The molecule has 1 fully saturated rings. The normalized spacial score (nSPS) is 15.1. The van der Waals surface area contributed by atoms with Crippen molar-refractivity contribution >= 4 is 33.3 Å². The number of fused-ring (bicyclic) bond motifs is 2. The molecular weight excluding hydrogens is 502 g/mol. The molecule has 7 rings (SSSR count). The van der Waals surface area contributed by atoms with Crippen LogP contribution in [0, 0.1) is 0 Å². The molecule has 1 atom stereocenters. The van der Waals surface area contributed by atoms with Crippen molar-refractivity contribution in [2.24, 2.45) is 0 Å². The van der Waals surface area contributed by atoms with Gasteiger partial charge in [-0.05, 0) is 31.3 Å². The first-order valence-corrected chi connectivity index (χ1v) is 13.3. The van der Waals surface area contributed by atoms with Crippen LogP contribution in [0.2, 0.25) is 0 Å². The smallest absolute Gasteiger partial charge is 0.150 e. The van der Waals surface area contributed by atoms with Gasteiger partial charge in [0.25, 0.3) is 0 Å². The molecule has 0 amide bonds. The second-order valence-corrected chi connectivity index (χ2v) is 10.2. The van der Waals surface area contributed by atoms with Crippen molar-refractivity contribution in [3.63, 3.8) is 0 Å². The number of likely N-dealkylation sites (N-methyl/N-ethyl adjacent to an activating group) is 1. The summed E-state index contributed by atoms with van der Waals surface area (Å²) in [6.45, 7) is 3.94. The molecule has 1 aliphatic heterocycles. The second kappa shape index (κ2) is 10.1. The van der Waals surface area contributed by atoms with Crippen molar-refractivity contribution in [1.82, 2.24) is 35.0 Å². The van der Waals surface area contributed by atoms with Crippen LogP contribution in [0.25, 0.3) is 44.5 Å². The van der Waals surface area contributed by atoms with Gasteiger partial charge in [0.15, 0.2) is 6.23 Å². The summed E-state index contributed by atoms with van der Waals surface area (Å²) < 4.78 is 0. The van der Waals surface area contributed by atoms with E-state index in [-0.39, 0.29) is 0 Å². The number of aromatic nitrogens is 6. The fourth-order valence-electron chi connectivity index (χ4n) is 5.25. The molecule has 200 valence electrons. The number of rotatable bonds is 6. The number of hydrogen-bond donors (Lipinski definition) is 4. The van der Waals surface area contributed by atoms with Crippen molar-refractivity contribution in [3.05, 3.63) is 84.9 Å². The Balaban J connectivity index is 1.21. The van der Waals surface area contributed by atoms with Gasteiger partial charge in [-0.15, -0.1) is 0 Å². The molecule has 6 heterocycles. The molecule has 0 saturated carbocycles. The van der Waals surface area contributed by atoms with Gasteiger partial charge in [-0.2, -0.15) is 5.10 Å². The zero-order chi connectivity index (χ0) is 27.1. The minimum Gasteiger partial charge on any atom is -0.369 e. The lowest BCUT2D eigenvalue weighted by atomic mass is 10.1. The van der Waals surface area contributed by atoms with Crippen molar-refractivity contribution in [2.75, 3.05) is 43.4 Å². The Morgan fingerprint density at radius 2 is 1.75 bits per heavy atom. The number of hydrogen-bond acceptors (Lipinski definition) is 8. The van der Waals surface area contributed by atoms with Crippen LogP contribution in [0.1, 0.15) is 11.8 Å². The van der Waals surface area contributed by atoms with Gasteiger partial charge in [0.05, 0.1) is 40.5 Å². The average molecular weight is 532 g/mol. The van der Waals surface area contributed by atoms with E-state index in [0.29, 0.717) is 5.69 Å². The zero-order valence-corrected chi connectivity index (χ0v) is 22.0. The highest BCUT2D eigenvalue weighted by Gasteiger charge is 2.20. The van der Waals surface area contributed by atoms with E-state index >= 15 is 0 Å². The summed E-state index contributed by atoms with van der Waals surface area (Å²) in [6, 6.07) is 17.6. The maximum atomic E-state index is 10.6. The number of benzene rings is 1. The lowest BCUT2D eigenvalue weighted by Crippen LogP contribution is -2.44. The molecule has 5 aromatic heterocycles. The molecule has 0 radical (unpaired) electrons. The van der Waals surface area contributed by atoms with E-state index in [9.17, 15) is 5.11 Å². The van der Waals surface area contributed by atoms with Gasteiger partial charge in [0, 0.05) is 60.5 Å². The van der Waals surface area contributed by atoms with Crippen molar-refractivity contribution in [3.8, 4) is 22.6 Å². The summed E-state index contributed by atoms with van der Waals surface area (Å²) in [4.78, 5) is 22.0. The highest BCUT2D eigenvalue weighted by Crippen LogP contribution is 2.34. The number of piperazine rings is 1. The number of pyridine rings is 3. The topological polar surface area (TPSA) is 122 Å². The largest absolute Gasteiger partial charge is 0.369 e. The minimum absolute atomic E-state index is 0.697. The maximum absolute atomic E-state index is 10.6. The van der Waals surface area contributed by atoms with Gasteiger partial charge in [-0.25, -0.2) is 4.98 Å². The van der Waals surface area contributed by atoms with E-state index in [1.165, 1.54) is 0 Å². The summed E-state index contributed by atoms with van der Waals surface area (Å²) >= 11 is 0. The van der Waals surface area contributed by atoms with Crippen LogP contribution in [0.15, 0.2) is 79.4 Å². The third-order valence-corrected chi connectivity index (χ3v) is 7.48. The summed E-state index contributed by atoms with van der Waals surface area (Å²) in [7, 11) is 2.16. The Morgan fingerprint density at radius 1 is 0.900 bits per heavy atom. The molecule has 10 nitrogen and oxygen atoms in total. The highest BCUT2D eigenvalue weighted by atomic mass is 16.3. The van der Waals surface area contributed by atoms with Crippen LogP contribution in [-0.2, 0) is 0 Å². The van der Waals surface area contributed by atoms with Crippen LogP contribution in [0.5, 0.6) is 0 Å². The maximum Gasteiger partial charge on any atom is 0.150 e. The highest BCUT2D eigenvalue weighted by molar-refractivity contribution is 5.99. The van der Waals surface area contributed by atoms with Gasteiger partial charge >= 0.3 is 0 Å². The predicted molar refractivity (Wildman–Crippen MR) is 157 cm³/mol. The molecule has 4 N–H and O–H groups in total. The summed E-state index contributed by atoms with van der Waals surface area (Å²) in [5, 5.41) is 23.5. The predicted octanol–water partition coefficient (Wildman–Crippen LogP) is 4.42. The number of aliphatic hydroxyl groups excluding tert-OH is 1. The summed E-state index contributed by atoms with van der Waals surface area (Å²) in [5.41, 5.74) is 6.68. The minimum atomic E-state index is -0.846. The molecule has 1 saturated heterocycles. The third kappa shape index (κ3) is 4.53. The Hall–Kier alpha value is -4.80. The van der Waals surface area contributed by atoms with E-state index < -0.39 is 6.23 Å². The molecule has 6 aromatic rings. The molecule has 40 heavy (non-hydrogen) atoms. The van der Waals surface area contributed by atoms with Crippen molar-refractivity contribution in [1.29, 1.82) is 0 Å². The van der Waals surface area contributed by atoms with Crippen LogP contribution in [0.4, 0.5) is 11.5 Å². The van der Waals surface area contributed by atoms with Gasteiger partial charge in [-0.1, -0.05) is 30.3 Å². The van der Waals surface area contributed by atoms with Crippen molar-refractivity contribution in [2.45, 2.75) is 6.23 Å². The molecule has 0 bridgehead atoms. The van der Waals surface area contributed by atoms with E-state index in [1.54, 1.807) is 18.6 Å². The number of H-pyrrole nitrogens is 2. The van der Waals surface area contributed by atoms with Gasteiger partial charge < -0.3 is 25.2 Å². The molecule has 1 unspecified atom stereocenters. The quantitative estimate of drug-likeness (QED) is 0.233. The standard InChI is InChI=1S/C30H29N9O/c1-38-9-11-39(12-10-38)29-23-15-26(35-24(23)7-8-32-29)28-22-14-25(33-18-27(22)36-37-28)20-13-21(17-31-16-20)34-30(40)19-5-3-2-4-6-19/h2-8,13-18,30,34-35,40H,9-12H2,1H3,(H,36,37). The van der Waals surface area contributed by atoms with E-state index in [0.717, 1.165) is 82.0 Å². The summed E-state index contributed by atoms with van der Waals surface area (Å²) in [5.74, 6) is 1.00. The lowest BCUT2D eigenvalue weighted by molar-refractivity contribution is 0.208. The van der Waals surface area contributed by atoms with Gasteiger partial charge in [0.2, 0.25) is 0 Å². The Kier molecular flexibility index (Phi) is 6.10. The first kappa shape index (κ1) is 24.3. The van der Waals surface area contributed by atoms with E-state index in [1.807, 2.05) is 54.7 Å². The zero-order valence-electron chi connectivity index (χ0n) is 22.0. The van der Waals surface area contributed by atoms with Gasteiger partial charge in [0.1, 0.15) is 11.5 Å². The molecule has 1 aliphatic rings. The number of anilines is 2. The third-order valence-electron chi connectivity index (χ3n) is 7.48. The lowest BCUT2D eigenvalue weighted by Gasteiger charge is -2.33. The van der Waals surface area contributed by atoms with Crippen LogP contribution in [0.3, 0.4) is 0 Å². The first-order chi connectivity index (χ1) is 19.6. The molecule has 10 heteroatoms. The Bertz CT molecular complexity index is 1790. The fourth-order valence-corrected chi connectivity index (χ4v) is 5.25. The average Bonchev–Trinajstić information content (AvgIpc) is 3.62.